The Balaban J connectivity index is 0. The molecule has 0 aliphatic rings. The molecule has 0 unspecified atom stereocenters. The Labute approximate surface area is 74.2 Å². The average molecular weight is 172 g/mol. The molecule has 0 bridgehead atoms. The van der Waals surface area contributed by atoms with Gasteiger partial charge < -0.3 is 4.74 Å². The summed E-state index contributed by atoms with van der Waals surface area (Å²) in [5, 5.41) is 0. The van der Waals surface area contributed by atoms with Crippen LogP contribution in [0.5, 0.6) is 0 Å². The summed E-state index contributed by atoms with van der Waals surface area (Å²) in [5.74, 6) is -0.104. The first kappa shape index (κ1) is 13.5. The van der Waals surface area contributed by atoms with Gasteiger partial charge in [-0.3, -0.25) is 0 Å². The summed E-state index contributed by atoms with van der Waals surface area (Å²) >= 11 is 0. The van der Waals surface area contributed by atoms with Crippen molar-refractivity contribution >= 4 is 0 Å². The summed E-state index contributed by atoms with van der Waals surface area (Å²) in [6, 6.07) is 0. The third kappa shape index (κ3) is 7.06. The minimum atomic E-state index is -0.528. The summed E-state index contributed by atoms with van der Waals surface area (Å²) in [6.07, 6.45) is 1.20. The number of methoxy groups -OCH3 is 1. The molecule has 0 amide bonds. The van der Waals surface area contributed by atoms with Gasteiger partial charge in [0.2, 0.25) is 0 Å². The molecule has 12 heavy (non-hydrogen) atoms. The predicted molar refractivity (Wildman–Crippen MR) is 51.5 cm³/mol. The Morgan fingerprint density at radius 1 is 1.33 bits per heavy atom. The number of hydrogen-bond donors (Lipinski definition) is 0. The molecule has 70 valence electrons. The fraction of sp³-hybridized carbons (Fsp3) is 0.400. The molecular weight excluding hydrogens is 155 g/mol. The number of rotatable bonds is 3. The van der Waals surface area contributed by atoms with Crippen molar-refractivity contribution in [2.75, 3.05) is 7.11 Å². The molecule has 0 saturated carbocycles. The monoisotopic (exact) mass is 172 g/mol. The first-order valence-electron chi connectivity index (χ1n) is 3.84. The van der Waals surface area contributed by atoms with Crippen molar-refractivity contribution in [2.45, 2.75) is 20.8 Å². The first-order valence-corrected chi connectivity index (χ1v) is 3.84. The van der Waals surface area contributed by atoms with Gasteiger partial charge in [-0.05, 0) is 12.5 Å². The molecule has 0 N–H and O–H groups in total. The van der Waals surface area contributed by atoms with E-state index in [2.05, 4.69) is 13.2 Å². The van der Waals surface area contributed by atoms with Crippen LogP contribution in [0.1, 0.15) is 20.8 Å². The number of allylic oxidation sites excluding steroid dienone is 3. The fourth-order valence-corrected chi connectivity index (χ4v) is 0.499. The van der Waals surface area contributed by atoms with Gasteiger partial charge in [0.05, 0.1) is 7.11 Å². The first-order chi connectivity index (χ1) is 5.57. The summed E-state index contributed by atoms with van der Waals surface area (Å²) in [5.41, 5.74) is 0.682. The predicted octanol–water partition coefficient (Wildman–Crippen LogP) is 3.60. The lowest BCUT2D eigenvalue weighted by Crippen LogP contribution is -1.86. The number of halogens is 1. The van der Waals surface area contributed by atoms with Crippen molar-refractivity contribution in [3.05, 3.63) is 36.4 Å². The van der Waals surface area contributed by atoms with Crippen LogP contribution < -0.4 is 0 Å². The molecule has 0 fully saturated rings. The highest BCUT2D eigenvalue weighted by molar-refractivity contribution is 5.25. The molecule has 0 atom stereocenters. The lowest BCUT2D eigenvalue weighted by Gasteiger charge is -2.02. The second kappa shape index (κ2) is 8.05. The van der Waals surface area contributed by atoms with E-state index in [9.17, 15) is 4.39 Å². The Morgan fingerprint density at radius 2 is 1.75 bits per heavy atom. The molecule has 0 aliphatic heterocycles. The highest BCUT2D eigenvalue weighted by Crippen LogP contribution is 2.10. The second-order valence-corrected chi connectivity index (χ2v) is 1.94. The quantitative estimate of drug-likeness (QED) is 0.467. The van der Waals surface area contributed by atoms with Gasteiger partial charge in [-0.1, -0.05) is 27.0 Å². The topological polar surface area (TPSA) is 9.23 Å². The SMILES string of the molecule is C=C(F)/C=C(/OC)C(=C)C.CC. The second-order valence-electron chi connectivity index (χ2n) is 1.94. The maximum atomic E-state index is 12.1. The van der Waals surface area contributed by atoms with Crippen molar-refractivity contribution in [3.8, 4) is 0 Å². The van der Waals surface area contributed by atoms with Gasteiger partial charge in [0.1, 0.15) is 11.6 Å². The molecule has 0 rings (SSSR count). The zero-order chi connectivity index (χ0) is 10.1. The highest BCUT2D eigenvalue weighted by atomic mass is 19.1. The third-order valence-corrected chi connectivity index (χ3v) is 0.928. The van der Waals surface area contributed by atoms with Crippen LogP contribution in [-0.2, 0) is 4.74 Å². The Hall–Kier alpha value is -1.05. The molecule has 2 heteroatoms. The lowest BCUT2D eigenvalue weighted by molar-refractivity contribution is 0.299. The normalized spacial score (nSPS) is 9.58. The van der Waals surface area contributed by atoms with E-state index >= 15 is 0 Å². The molecule has 0 radical (unpaired) electrons. The molecule has 0 spiro atoms. The number of hydrogen-bond acceptors (Lipinski definition) is 1. The van der Waals surface area contributed by atoms with E-state index in [1.807, 2.05) is 13.8 Å². The zero-order valence-corrected chi connectivity index (χ0v) is 8.28. The Bertz CT molecular complexity index is 180. The van der Waals surface area contributed by atoms with E-state index < -0.39 is 5.83 Å². The van der Waals surface area contributed by atoms with Gasteiger partial charge in [0.15, 0.2) is 0 Å². The highest BCUT2D eigenvalue weighted by Gasteiger charge is 1.95. The standard InChI is InChI=1S/C8H11FO.C2H6/c1-6(2)8(10-4)5-7(3)9;1-2/h5H,1,3H2,2,4H3;1-2H3/b8-5+;. The van der Waals surface area contributed by atoms with Crippen LogP contribution in [0.2, 0.25) is 0 Å². The lowest BCUT2D eigenvalue weighted by atomic mass is 10.2. The Kier molecular flexibility index (Phi) is 9.08. The largest absolute Gasteiger partial charge is 0.496 e. The van der Waals surface area contributed by atoms with Crippen molar-refractivity contribution < 1.29 is 9.13 Å². The van der Waals surface area contributed by atoms with Crippen LogP contribution in [0.15, 0.2) is 36.4 Å². The molecule has 0 aromatic carbocycles. The molecule has 0 aliphatic carbocycles. The summed E-state index contributed by atoms with van der Waals surface area (Å²) < 4.78 is 16.9. The van der Waals surface area contributed by atoms with E-state index in [1.165, 1.54) is 13.2 Å². The van der Waals surface area contributed by atoms with Gasteiger partial charge in [0, 0.05) is 6.08 Å². The van der Waals surface area contributed by atoms with Gasteiger partial charge in [-0.25, -0.2) is 4.39 Å². The van der Waals surface area contributed by atoms with Gasteiger partial charge in [-0.15, -0.1) is 0 Å². The van der Waals surface area contributed by atoms with E-state index in [1.54, 1.807) is 6.92 Å². The third-order valence-electron chi connectivity index (χ3n) is 0.928. The van der Waals surface area contributed by atoms with E-state index in [4.69, 9.17) is 4.74 Å². The average Bonchev–Trinajstić information content (AvgIpc) is 2.03. The minimum Gasteiger partial charge on any atom is -0.496 e. The van der Waals surface area contributed by atoms with E-state index in [0.29, 0.717) is 11.3 Å². The molecule has 0 aromatic rings. The van der Waals surface area contributed by atoms with Crippen LogP contribution in [-0.4, -0.2) is 7.11 Å². The maximum Gasteiger partial charge on any atom is 0.124 e. The van der Waals surface area contributed by atoms with Crippen molar-refractivity contribution in [1.82, 2.24) is 0 Å². The zero-order valence-electron chi connectivity index (χ0n) is 8.28. The smallest absolute Gasteiger partial charge is 0.124 e. The van der Waals surface area contributed by atoms with Gasteiger partial charge in [0.25, 0.3) is 0 Å². The Morgan fingerprint density at radius 3 is 1.83 bits per heavy atom. The summed E-state index contributed by atoms with van der Waals surface area (Å²) in [4.78, 5) is 0. The molecule has 0 aromatic heterocycles. The van der Waals surface area contributed by atoms with Crippen LogP contribution in [0.25, 0.3) is 0 Å². The van der Waals surface area contributed by atoms with Crippen LogP contribution in [0.3, 0.4) is 0 Å². The van der Waals surface area contributed by atoms with Crippen molar-refractivity contribution in [2.24, 2.45) is 0 Å². The molecular formula is C10H17FO. The molecule has 1 nitrogen and oxygen atoms in total. The van der Waals surface area contributed by atoms with E-state index in [0.717, 1.165) is 0 Å². The molecule has 0 heterocycles. The van der Waals surface area contributed by atoms with Crippen LogP contribution in [0.4, 0.5) is 4.39 Å². The van der Waals surface area contributed by atoms with Crippen molar-refractivity contribution in [3.63, 3.8) is 0 Å². The van der Waals surface area contributed by atoms with Crippen molar-refractivity contribution in [1.29, 1.82) is 0 Å². The van der Waals surface area contributed by atoms with Gasteiger partial charge in [-0.2, -0.15) is 0 Å². The van der Waals surface area contributed by atoms with E-state index in [-0.39, 0.29) is 0 Å². The van der Waals surface area contributed by atoms with Crippen LogP contribution in [0, 0.1) is 0 Å². The maximum absolute atomic E-state index is 12.1. The van der Waals surface area contributed by atoms with Gasteiger partial charge >= 0.3 is 0 Å². The number of ether oxygens (including phenoxy) is 1. The molecule has 0 saturated heterocycles. The minimum absolute atomic E-state index is 0.424. The van der Waals surface area contributed by atoms with Crippen LogP contribution >= 0.6 is 0 Å². The summed E-state index contributed by atoms with van der Waals surface area (Å²) in [7, 11) is 1.46. The fourth-order valence-electron chi connectivity index (χ4n) is 0.499. The summed E-state index contributed by atoms with van der Waals surface area (Å²) in [6.45, 7) is 12.4.